The molecule has 0 spiro atoms. The third-order valence-corrected chi connectivity index (χ3v) is 0.980. The maximum Gasteiger partial charge on any atom is 0.145 e. The second-order valence-electron chi connectivity index (χ2n) is 1.92. The smallest absolute Gasteiger partial charge is 0.145 e. The van der Waals surface area contributed by atoms with Crippen molar-refractivity contribution < 1.29 is 18.9 Å². The van der Waals surface area contributed by atoms with Gasteiger partial charge in [-0.3, -0.25) is 0 Å². The number of hydrogen-bond donors (Lipinski definition) is 0. The molecule has 0 aromatic rings. The maximum absolute atomic E-state index is 4.94. The minimum absolute atomic E-state index is 0.389. The molecule has 1 aliphatic rings. The van der Waals surface area contributed by atoms with Gasteiger partial charge in [0.2, 0.25) is 0 Å². The molecule has 1 rings (SSSR count). The van der Waals surface area contributed by atoms with Crippen LogP contribution in [-0.4, -0.2) is 47.4 Å². The molecule has 4 nitrogen and oxygen atoms in total. The van der Waals surface area contributed by atoms with Gasteiger partial charge in [-0.25, -0.2) is 0 Å². The van der Waals surface area contributed by atoms with Gasteiger partial charge in [-0.1, -0.05) is 0 Å². The molecule has 0 aliphatic carbocycles. The van der Waals surface area contributed by atoms with Crippen LogP contribution in [0.3, 0.4) is 0 Å². The lowest BCUT2D eigenvalue weighted by Gasteiger charge is -2.09. The average Bonchev–Trinajstić information content (AvgIpc) is 2.10. The summed E-state index contributed by atoms with van der Waals surface area (Å²) < 4.78 is 18.8. The average molecular weight is 164 g/mol. The number of ether oxygens (including phenoxy) is 4. The Morgan fingerprint density at radius 1 is 0.909 bits per heavy atom. The molecule has 0 saturated carbocycles. The predicted molar refractivity (Wildman–Crippen MR) is 40.5 cm³/mol. The zero-order valence-corrected chi connectivity index (χ0v) is 7.17. The minimum atomic E-state index is 0.389. The van der Waals surface area contributed by atoms with Crippen molar-refractivity contribution in [2.24, 2.45) is 0 Å². The molecule has 0 unspecified atom stereocenters. The van der Waals surface area contributed by atoms with Crippen LogP contribution in [0.4, 0.5) is 0 Å². The number of hydrogen-bond acceptors (Lipinski definition) is 4. The fourth-order valence-corrected chi connectivity index (χ4v) is 0.558. The van der Waals surface area contributed by atoms with Crippen molar-refractivity contribution in [3.8, 4) is 0 Å². The normalized spacial score (nSPS) is 16.9. The Balaban J connectivity index is 0.000000187. The molecular formula is C7H16O4. The van der Waals surface area contributed by atoms with Crippen molar-refractivity contribution >= 4 is 0 Å². The predicted octanol–water partition coefficient (Wildman–Crippen LogP) is 0.270. The molecule has 4 heteroatoms. The first-order chi connectivity index (χ1) is 5.41. The van der Waals surface area contributed by atoms with E-state index in [4.69, 9.17) is 9.47 Å². The lowest BCUT2D eigenvalue weighted by Crippen LogP contribution is -2.16. The van der Waals surface area contributed by atoms with Crippen molar-refractivity contribution in [3.05, 3.63) is 0 Å². The molecule has 1 saturated heterocycles. The zero-order chi connectivity index (χ0) is 8.36. The number of methoxy groups -OCH3 is 2. The molecule has 68 valence electrons. The molecule has 11 heavy (non-hydrogen) atoms. The summed E-state index contributed by atoms with van der Waals surface area (Å²) in [7, 11) is 3.17. The van der Waals surface area contributed by atoms with Gasteiger partial charge < -0.3 is 18.9 Å². The summed E-state index contributed by atoms with van der Waals surface area (Å²) in [4.78, 5) is 0. The van der Waals surface area contributed by atoms with Crippen molar-refractivity contribution in [1.29, 1.82) is 0 Å². The van der Waals surface area contributed by atoms with Crippen LogP contribution in [0.5, 0.6) is 0 Å². The van der Waals surface area contributed by atoms with Gasteiger partial charge >= 0.3 is 0 Å². The van der Waals surface area contributed by atoms with E-state index in [-0.39, 0.29) is 0 Å². The Bertz CT molecular complexity index is 50.0. The lowest BCUT2D eigenvalue weighted by molar-refractivity contribution is -0.0334. The highest BCUT2D eigenvalue weighted by Crippen LogP contribution is 1.85. The first-order valence-electron chi connectivity index (χ1n) is 3.55. The van der Waals surface area contributed by atoms with Gasteiger partial charge in [0, 0.05) is 14.2 Å². The Labute approximate surface area is 67.4 Å². The molecule has 0 radical (unpaired) electrons. The van der Waals surface area contributed by atoms with Crippen molar-refractivity contribution in [2.45, 2.75) is 0 Å². The van der Waals surface area contributed by atoms with Gasteiger partial charge in [0.25, 0.3) is 0 Å². The van der Waals surface area contributed by atoms with Gasteiger partial charge in [0.1, 0.15) is 6.79 Å². The zero-order valence-electron chi connectivity index (χ0n) is 7.17. The topological polar surface area (TPSA) is 36.9 Å². The molecule has 0 bridgehead atoms. The molecule has 0 N–H and O–H groups in total. The molecule has 1 fully saturated rings. The maximum atomic E-state index is 4.94. The summed E-state index contributed by atoms with van der Waals surface area (Å²) in [5, 5.41) is 0. The van der Waals surface area contributed by atoms with Crippen molar-refractivity contribution in [2.75, 3.05) is 47.4 Å². The summed E-state index contributed by atoms with van der Waals surface area (Å²) in [6.07, 6.45) is 0. The molecule has 0 aromatic heterocycles. The first-order valence-corrected chi connectivity index (χ1v) is 3.55. The molecule has 1 heterocycles. The van der Waals surface area contributed by atoms with Gasteiger partial charge in [-0.05, 0) is 0 Å². The second-order valence-corrected chi connectivity index (χ2v) is 1.92. The first kappa shape index (κ1) is 10.8. The highest BCUT2D eigenvalue weighted by molar-refractivity contribution is 4.37. The van der Waals surface area contributed by atoms with E-state index in [0.717, 1.165) is 26.4 Å². The van der Waals surface area contributed by atoms with Crippen molar-refractivity contribution in [3.63, 3.8) is 0 Å². The molecule has 0 aromatic carbocycles. The molecule has 0 atom stereocenters. The SMILES string of the molecule is C1COCCO1.COCOC. The summed E-state index contributed by atoms with van der Waals surface area (Å²) >= 11 is 0. The Morgan fingerprint density at radius 2 is 1.27 bits per heavy atom. The van der Waals surface area contributed by atoms with Crippen molar-refractivity contribution in [1.82, 2.24) is 0 Å². The van der Waals surface area contributed by atoms with Crippen LogP contribution in [-0.2, 0) is 18.9 Å². The summed E-state index contributed by atoms with van der Waals surface area (Å²) in [5.41, 5.74) is 0. The van der Waals surface area contributed by atoms with Gasteiger partial charge in [0.15, 0.2) is 0 Å². The van der Waals surface area contributed by atoms with Gasteiger partial charge in [0.05, 0.1) is 26.4 Å². The summed E-state index contributed by atoms with van der Waals surface area (Å²) in [5.74, 6) is 0. The van der Waals surface area contributed by atoms with E-state index in [1.807, 2.05) is 0 Å². The standard InChI is InChI=1S/C4H8O2.C3H8O2/c1-2-6-4-3-5-1;1-4-3-5-2/h1-4H2;3H2,1-2H3. The van der Waals surface area contributed by atoms with Crippen LogP contribution in [0.15, 0.2) is 0 Å². The van der Waals surface area contributed by atoms with E-state index in [9.17, 15) is 0 Å². The quantitative estimate of drug-likeness (QED) is 0.549. The Kier molecular flexibility index (Phi) is 9.70. The van der Waals surface area contributed by atoms with E-state index in [0.29, 0.717) is 6.79 Å². The minimum Gasteiger partial charge on any atom is -0.377 e. The monoisotopic (exact) mass is 164 g/mol. The fourth-order valence-electron chi connectivity index (χ4n) is 0.558. The highest BCUT2D eigenvalue weighted by Gasteiger charge is 1.94. The number of rotatable bonds is 2. The summed E-state index contributed by atoms with van der Waals surface area (Å²) in [6, 6.07) is 0. The van der Waals surface area contributed by atoms with E-state index < -0.39 is 0 Å². The van der Waals surface area contributed by atoms with Gasteiger partial charge in [-0.15, -0.1) is 0 Å². The van der Waals surface area contributed by atoms with Crippen LogP contribution in [0.2, 0.25) is 0 Å². The van der Waals surface area contributed by atoms with Gasteiger partial charge in [-0.2, -0.15) is 0 Å². The van der Waals surface area contributed by atoms with E-state index in [2.05, 4.69) is 9.47 Å². The third kappa shape index (κ3) is 9.84. The third-order valence-electron chi connectivity index (χ3n) is 0.980. The Hall–Kier alpha value is -0.160. The highest BCUT2D eigenvalue weighted by atomic mass is 16.6. The van der Waals surface area contributed by atoms with Crippen LogP contribution < -0.4 is 0 Å². The van der Waals surface area contributed by atoms with Crippen LogP contribution >= 0.6 is 0 Å². The van der Waals surface area contributed by atoms with E-state index in [1.165, 1.54) is 0 Å². The Morgan fingerprint density at radius 3 is 1.36 bits per heavy atom. The molecule has 1 aliphatic heterocycles. The second kappa shape index (κ2) is 9.84. The van der Waals surface area contributed by atoms with Crippen LogP contribution in [0, 0.1) is 0 Å². The largest absolute Gasteiger partial charge is 0.377 e. The summed E-state index contributed by atoms with van der Waals surface area (Å²) in [6.45, 7) is 3.50. The van der Waals surface area contributed by atoms with Crippen LogP contribution in [0.1, 0.15) is 0 Å². The van der Waals surface area contributed by atoms with E-state index in [1.54, 1.807) is 14.2 Å². The molecule has 0 amide bonds. The lowest BCUT2D eigenvalue weighted by atomic mass is 10.6. The van der Waals surface area contributed by atoms with Crippen LogP contribution in [0.25, 0.3) is 0 Å². The van der Waals surface area contributed by atoms with E-state index >= 15 is 0 Å². The fraction of sp³-hybridized carbons (Fsp3) is 1.00. The molecular weight excluding hydrogens is 148 g/mol.